The molecule has 0 saturated carbocycles. The van der Waals surface area contributed by atoms with Gasteiger partial charge in [-0.15, -0.1) is 0 Å². The third-order valence-electron chi connectivity index (χ3n) is 3.24. The summed E-state index contributed by atoms with van der Waals surface area (Å²) in [5, 5.41) is 5.70. The van der Waals surface area contributed by atoms with E-state index >= 15 is 0 Å². The first-order valence-corrected chi connectivity index (χ1v) is 7.01. The van der Waals surface area contributed by atoms with Crippen LogP contribution in [0.15, 0.2) is 48.5 Å². The van der Waals surface area contributed by atoms with E-state index in [1.54, 1.807) is 19.1 Å². The predicted octanol–water partition coefficient (Wildman–Crippen LogP) is 3.83. The molecule has 0 unspecified atom stereocenters. The number of hydrogen-bond acceptors (Lipinski definition) is 2. The maximum Gasteiger partial charge on any atom is 0.246 e. The van der Waals surface area contributed by atoms with Gasteiger partial charge in [0.1, 0.15) is 11.9 Å². The average molecular weight is 286 g/mol. The molecule has 0 saturated heterocycles. The number of anilines is 2. The topological polar surface area (TPSA) is 41.1 Å². The van der Waals surface area contributed by atoms with E-state index in [4.69, 9.17) is 0 Å². The van der Waals surface area contributed by atoms with Crippen molar-refractivity contribution in [3.05, 3.63) is 59.9 Å². The number of aryl methyl sites for hydroxylation is 1. The molecule has 0 bridgehead atoms. The Morgan fingerprint density at radius 3 is 2.67 bits per heavy atom. The van der Waals surface area contributed by atoms with Gasteiger partial charge in [0.2, 0.25) is 5.91 Å². The van der Waals surface area contributed by atoms with Crippen LogP contribution < -0.4 is 10.6 Å². The smallest absolute Gasteiger partial charge is 0.246 e. The third-order valence-corrected chi connectivity index (χ3v) is 3.24. The molecule has 0 radical (unpaired) electrons. The lowest BCUT2D eigenvalue weighted by Crippen LogP contribution is -2.32. The molecule has 1 atom stereocenters. The summed E-state index contributed by atoms with van der Waals surface area (Å²) in [5.74, 6) is -0.715. The first-order valence-electron chi connectivity index (χ1n) is 7.01. The van der Waals surface area contributed by atoms with Gasteiger partial charge in [0, 0.05) is 5.69 Å². The third kappa shape index (κ3) is 4.05. The van der Waals surface area contributed by atoms with E-state index < -0.39 is 11.9 Å². The summed E-state index contributed by atoms with van der Waals surface area (Å²) in [6.45, 7) is 3.82. The van der Waals surface area contributed by atoms with E-state index in [1.807, 2.05) is 24.3 Å². The Labute approximate surface area is 124 Å². The van der Waals surface area contributed by atoms with Crippen LogP contribution in [0.2, 0.25) is 0 Å². The van der Waals surface area contributed by atoms with Crippen molar-refractivity contribution in [1.29, 1.82) is 0 Å². The number of para-hydroxylation sites is 1. The Morgan fingerprint density at radius 1 is 1.19 bits per heavy atom. The van der Waals surface area contributed by atoms with Crippen LogP contribution in [0, 0.1) is 5.82 Å². The number of rotatable bonds is 5. The minimum Gasteiger partial charge on any atom is -0.374 e. The second kappa shape index (κ2) is 6.88. The van der Waals surface area contributed by atoms with Crippen molar-refractivity contribution in [1.82, 2.24) is 0 Å². The second-order valence-electron chi connectivity index (χ2n) is 4.89. The first-order chi connectivity index (χ1) is 10.1. The van der Waals surface area contributed by atoms with Crippen LogP contribution in [-0.4, -0.2) is 11.9 Å². The molecule has 2 aromatic carbocycles. The zero-order valence-corrected chi connectivity index (χ0v) is 12.2. The van der Waals surface area contributed by atoms with Crippen molar-refractivity contribution in [3.8, 4) is 0 Å². The van der Waals surface area contributed by atoms with Crippen LogP contribution in [0.3, 0.4) is 0 Å². The van der Waals surface area contributed by atoms with E-state index in [0.29, 0.717) is 0 Å². The number of halogens is 1. The molecule has 0 spiro atoms. The molecule has 0 aliphatic rings. The molecular formula is C17H19FN2O. The quantitative estimate of drug-likeness (QED) is 0.877. The first kappa shape index (κ1) is 15.0. The average Bonchev–Trinajstić information content (AvgIpc) is 2.49. The minimum atomic E-state index is -0.461. The molecule has 0 aliphatic carbocycles. The Balaban J connectivity index is 2.01. The molecule has 0 heterocycles. The lowest BCUT2D eigenvalue weighted by Gasteiger charge is -2.16. The summed E-state index contributed by atoms with van der Waals surface area (Å²) in [5.41, 5.74) is 2.27. The van der Waals surface area contributed by atoms with E-state index in [2.05, 4.69) is 17.6 Å². The number of hydrogen-bond donors (Lipinski definition) is 2. The fourth-order valence-corrected chi connectivity index (χ4v) is 2.00. The lowest BCUT2D eigenvalue weighted by atomic mass is 10.1. The zero-order chi connectivity index (χ0) is 15.2. The summed E-state index contributed by atoms with van der Waals surface area (Å²) < 4.78 is 13.5. The molecule has 3 nitrogen and oxygen atoms in total. The molecule has 21 heavy (non-hydrogen) atoms. The maximum atomic E-state index is 13.5. The SMILES string of the molecule is CCc1cccc(N[C@H](C)C(=O)Nc2ccccc2F)c1. The van der Waals surface area contributed by atoms with Gasteiger partial charge in [-0.2, -0.15) is 0 Å². The second-order valence-corrected chi connectivity index (χ2v) is 4.89. The fraction of sp³-hybridized carbons (Fsp3) is 0.235. The van der Waals surface area contributed by atoms with Gasteiger partial charge in [0.05, 0.1) is 5.69 Å². The van der Waals surface area contributed by atoms with Gasteiger partial charge < -0.3 is 10.6 Å². The molecule has 2 aromatic rings. The van der Waals surface area contributed by atoms with Crippen molar-refractivity contribution < 1.29 is 9.18 Å². The van der Waals surface area contributed by atoms with E-state index in [1.165, 1.54) is 17.7 Å². The predicted molar refractivity (Wildman–Crippen MR) is 83.9 cm³/mol. The molecule has 0 aromatic heterocycles. The number of carbonyl (C=O) groups is 1. The Kier molecular flexibility index (Phi) is 4.93. The molecular weight excluding hydrogens is 267 g/mol. The standard InChI is InChI=1S/C17H19FN2O/c1-3-13-7-6-8-14(11-13)19-12(2)17(21)20-16-10-5-4-9-15(16)18/h4-12,19H,3H2,1-2H3,(H,20,21)/t12-/m1/s1. The van der Waals surface area contributed by atoms with Gasteiger partial charge >= 0.3 is 0 Å². The van der Waals surface area contributed by atoms with Crippen LogP contribution in [0.25, 0.3) is 0 Å². The van der Waals surface area contributed by atoms with Crippen molar-refractivity contribution >= 4 is 17.3 Å². The summed E-state index contributed by atoms with van der Waals surface area (Å²) in [7, 11) is 0. The summed E-state index contributed by atoms with van der Waals surface area (Å²) in [6, 6.07) is 13.6. The monoisotopic (exact) mass is 286 g/mol. The van der Waals surface area contributed by atoms with Crippen molar-refractivity contribution in [2.24, 2.45) is 0 Å². The summed E-state index contributed by atoms with van der Waals surface area (Å²) in [6.07, 6.45) is 0.936. The highest BCUT2D eigenvalue weighted by Gasteiger charge is 2.14. The van der Waals surface area contributed by atoms with Gasteiger partial charge in [0.25, 0.3) is 0 Å². The number of benzene rings is 2. The molecule has 2 rings (SSSR count). The highest BCUT2D eigenvalue weighted by Crippen LogP contribution is 2.15. The summed E-state index contributed by atoms with van der Waals surface area (Å²) >= 11 is 0. The number of carbonyl (C=O) groups excluding carboxylic acids is 1. The molecule has 2 N–H and O–H groups in total. The molecule has 0 fully saturated rings. The van der Waals surface area contributed by atoms with Crippen LogP contribution in [0.1, 0.15) is 19.4 Å². The van der Waals surface area contributed by atoms with Gasteiger partial charge in [-0.25, -0.2) is 4.39 Å². The van der Waals surface area contributed by atoms with Gasteiger partial charge in [-0.05, 0) is 43.2 Å². The Morgan fingerprint density at radius 2 is 1.95 bits per heavy atom. The number of nitrogens with one attached hydrogen (secondary N) is 2. The van der Waals surface area contributed by atoms with Crippen LogP contribution in [0.4, 0.5) is 15.8 Å². The zero-order valence-electron chi connectivity index (χ0n) is 12.2. The largest absolute Gasteiger partial charge is 0.374 e. The lowest BCUT2D eigenvalue weighted by molar-refractivity contribution is -0.116. The van der Waals surface area contributed by atoms with E-state index in [-0.39, 0.29) is 11.6 Å². The van der Waals surface area contributed by atoms with Crippen LogP contribution >= 0.6 is 0 Å². The molecule has 4 heteroatoms. The van der Waals surface area contributed by atoms with Crippen molar-refractivity contribution in [2.75, 3.05) is 10.6 Å². The van der Waals surface area contributed by atoms with Crippen LogP contribution in [0.5, 0.6) is 0 Å². The molecule has 0 aliphatic heterocycles. The minimum absolute atomic E-state index is 0.193. The van der Waals surface area contributed by atoms with Crippen molar-refractivity contribution in [3.63, 3.8) is 0 Å². The maximum absolute atomic E-state index is 13.5. The highest BCUT2D eigenvalue weighted by molar-refractivity contribution is 5.96. The molecule has 110 valence electrons. The van der Waals surface area contributed by atoms with Gasteiger partial charge in [-0.3, -0.25) is 4.79 Å². The fourth-order valence-electron chi connectivity index (χ4n) is 2.00. The van der Waals surface area contributed by atoms with Crippen LogP contribution in [-0.2, 0) is 11.2 Å². The summed E-state index contributed by atoms with van der Waals surface area (Å²) in [4.78, 5) is 12.1. The Bertz CT molecular complexity index is 628. The van der Waals surface area contributed by atoms with Gasteiger partial charge in [-0.1, -0.05) is 31.2 Å². The number of amides is 1. The van der Waals surface area contributed by atoms with Gasteiger partial charge in [0.15, 0.2) is 0 Å². The highest BCUT2D eigenvalue weighted by atomic mass is 19.1. The Hall–Kier alpha value is -2.36. The normalized spacial score (nSPS) is 11.8. The van der Waals surface area contributed by atoms with E-state index in [0.717, 1.165) is 12.1 Å². The van der Waals surface area contributed by atoms with E-state index in [9.17, 15) is 9.18 Å². The van der Waals surface area contributed by atoms with Crippen molar-refractivity contribution in [2.45, 2.75) is 26.3 Å². The molecule has 1 amide bonds.